The van der Waals surface area contributed by atoms with Gasteiger partial charge in [-0.3, -0.25) is 4.68 Å². The lowest BCUT2D eigenvalue weighted by Crippen LogP contribution is -2.28. The Kier molecular flexibility index (Phi) is 3.67. The van der Waals surface area contributed by atoms with Crippen molar-refractivity contribution in [3.63, 3.8) is 0 Å². The van der Waals surface area contributed by atoms with Crippen LogP contribution < -0.4 is 4.72 Å². The summed E-state index contributed by atoms with van der Waals surface area (Å²) in [6, 6.07) is -0.470. The van der Waals surface area contributed by atoms with Crippen molar-refractivity contribution in [3.05, 3.63) is 24.5 Å². The second kappa shape index (κ2) is 5.10. The molecule has 0 saturated carbocycles. The highest BCUT2D eigenvalue weighted by Gasteiger charge is 2.22. The van der Waals surface area contributed by atoms with E-state index < -0.39 is 16.1 Å². The van der Waals surface area contributed by atoms with Crippen molar-refractivity contribution in [1.29, 1.82) is 0 Å². The van der Waals surface area contributed by atoms with E-state index in [1.807, 2.05) is 6.92 Å². The predicted octanol–water partition coefficient (Wildman–Crippen LogP) is 0.0710. The molecule has 19 heavy (non-hydrogen) atoms. The molecular formula is C10H16N6O2S. The van der Waals surface area contributed by atoms with Crippen LogP contribution in [0, 0.1) is 0 Å². The largest absolute Gasteiger partial charge is 0.319 e. The minimum atomic E-state index is -3.61. The highest BCUT2D eigenvalue weighted by atomic mass is 32.2. The van der Waals surface area contributed by atoms with Gasteiger partial charge in [-0.2, -0.15) is 5.10 Å². The van der Waals surface area contributed by atoms with Crippen LogP contribution in [0.15, 0.2) is 23.6 Å². The third-order valence-electron chi connectivity index (χ3n) is 2.71. The van der Waals surface area contributed by atoms with Gasteiger partial charge in [0.15, 0.2) is 0 Å². The van der Waals surface area contributed by atoms with Crippen molar-refractivity contribution < 1.29 is 8.42 Å². The average molecular weight is 284 g/mol. The smallest absolute Gasteiger partial charge is 0.244 e. The zero-order valence-electron chi connectivity index (χ0n) is 11.0. The molecule has 8 nitrogen and oxygen atoms in total. The van der Waals surface area contributed by atoms with Gasteiger partial charge in [-0.15, -0.1) is 10.2 Å². The molecule has 0 radical (unpaired) electrons. The number of hydrogen-bond donors (Lipinski definition) is 1. The van der Waals surface area contributed by atoms with E-state index in [-0.39, 0.29) is 4.90 Å². The molecule has 2 aromatic rings. The summed E-state index contributed by atoms with van der Waals surface area (Å²) in [5, 5.41) is 11.6. The van der Waals surface area contributed by atoms with Crippen molar-refractivity contribution in [3.8, 4) is 0 Å². The maximum absolute atomic E-state index is 12.2. The molecule has 1 N–H and O–H groups in total. The molecular weight excluding hydrogens is 268 g/mol. The van der Waals surface area contributed by atoms with E-state index in [0.717, 1.165) is 0 Å². The standard InChI is InChI=1S/C10H16N6O2S/c1-4-16-6-9(5-12-16)19(17,18)14-8(2)10-13-11-7-15(10)3/h5-8,14H,4H2,1-3H3. The normalized spacial score (nSPS) is 13.6. The molecule has 1 unspecified atom stereocenters. The lowest BCUT2D eigenvalue weighted by Gasteiger charge is -2.12. The van der Waals surface area contributed by atoms with Gasteiger partial charge in [-0.1, -0.05) is 0 Å². The molecule has 0 aromatic carbocycles. The van der Waals surface area contributed by atoms with Crippen LogP contribution >= 0.6 is 0 Å². The summed E-state index contributed by atoms with van der Waals surface area (Å²) < 4.78 is 30.1. The summed E-state index contributed by atoms with van der Waals surface area (Å²) in [5.41, 5.74) is 0. The molecule has 0 bridgehead atoms. The van der Waals surface area contributed by atoms with E-state index in [1.165, 1.54) is 18.7 Å². The molecule has 1 atom stereocenters. The molecule has 0 saturated heterocycles. The van der Waals surface area contributed by atoms with E-state index in [2.05, 4.69) is 20.0 Å². The van der Waals surface area contributed by atoms with Crippen LogP contribution in [-0.2, 0) is 23.6 Å². The zero-order chi connectivity index (χ0) is 14.0. The van der Waals surface area contributed by atoms with Crippen molar-refractivity contribution in [1.82, 2.24) is 29.3 Å². The number of nitrogens with zero attached hydrogens (tertiary/aromatic N) is 5. The molecule has 2 aromatic heterocycles. The Hall–Kier alpha value is -1.74. The quantitative estimate of drug-likeness (QED) is 0.838. The van der Waals surface area contributed by atoms with Gasteiger partial charge in [0.05, 0.1) is 12.2 Å². The number of rotatable bonds is 5. The van der Waals surface area contributed by atoms with Crippen molar-refractivity contribution in [2.75, 3.05) is 0 Å². The number of hydrogen-bond acceptors (Lipinski definition) is 5. The lowest BCUT2D eigenvalue weighted by molar-refractivity contribution is 0.553. The first kappa shape index (κ1) is 13.7. The number of aromatic nitrogens is 5. The summed E-state index contributed by atoms with van der Waals surface area (Å²) in [7, 11) is -1.85. The molecule has 0 aliphatic heterocycles. The number of aryl methyl sites for hydroxylation is 2. The van der Waals surface area contributed by atoms with Gasteiger partial charge < -0.3 is 4.57 Å². The van der Waals surface area contributed by atoms with Crippen molar-refractivity contribution in [2.24, 2.45) is 7.05 Å². The van der Waals surface area contributed by atoms with Crippen LogP contribution in [0.2, 0.25) is 0 Å². The summed E-state index contributed by atoms with van der Waals surface area (Å²) in [5.74, 6) is 0.548. The van der Waals surface area contributed by atoms with Gasteiger partial charge in [-0.25, -0.2) is 13.1 Å². The van der Waals surface area contributed by atoms with E-state index in [0.29, 0.717) is 12.4 Å². The topological polar surface area (TPSA) is 94.7 Å². The highest BCUT2D eigenvalue weighted by molar-refractivity contribution is 7.89. The molecule has 0 fully saturated rings. The van der Waals surface area contributed by atoms with E-state index in [1.54, 1.807) is 23.2 Å². The second-order valence-electron chi connectivity index (χ2n) is 4.17. The van der Waals surface area contributed by atoms with Crippen LogP contribution in [0.5, 0.6) is 0 Å². The fourth-order valence-electron chi connectivity index (χ4n) is 1.69. The minimum absolute atomic E-state index is 0.142. The number of sulfonamides is 1. The van der Waals surface area contributed by atoms with Crippen molar-refractivity contribution in [2.45, 2.75) is 31.3 Å². The third-order valence-corrected chi connectivity index (χ3v) is 4.20. The molecule has 104 valence electrons. The summed E-state index contributed by atoms with van der Waals surface area (Å²) in [6.45, 7) is 4.22. The average Bonchev–Trinajstić information content (AvgIpc) is 2.96. The van der Waals surface area contributed by atoms with Gasteiger partial charge in [0.1, 0.15) is 17.0 Å². The monoisotopic (exact) mass is 284 g/mol. The van der Waals surface area contributed by atoms with E-state index in [9.17, 15) is 8.42 Å². The maximum Gasteiger partial charge on any atom is 0.244 e. The molecule has 2 heterocycles. The lowest BCUT2D eigenvalue weighted by atomic mass is 10.3. The van der Waals surface area contributed by atoms with Crippen LogP contribution in [0.4, 0.5) is 0 Å². The summed E-state index contributed by atoms with van der Waals surface area (Å²) in [6.07, 6.45) is 4.34. The summed E-state index contributed by atoms with van der Waals surface area (Å²) in [4.78, 5) is 0.142. The number of nitrogens with one attached hydrogen (secondary N) is 1. The second-order valence-corrected chi connectivity index (χ2v) is 5.89. The molecule has 0 spiro atoms. The highest BCUT2D eigenvalue weighted by Crippen LogP contribution is 2.14. The van der Waals surface area contributed by atoms with E-state index in [4.69, 9.17) is 0 Å². The Morgan fingerprint density at radius 3 is 2.74 bits per heavy atom. The Balaban J connectivity index is 2.20. The van der Waals surface area contributed by atoms with Crippen LogP contribution in [0.3, 0.4) is 0 Å². The molecule has 0 aliphatic carbocycles. The van der Waals surface area contributed by atoms with Crippen LogP contribution in [0.1, 0.15) is 25.7 Å². The molecule has 0 aliphatic rings. The van der Waals surface area contributed by atoms with Gasteiger partial charge in [-0.05, 0) is 13.8 Å². The Bertz CT molecular complexity index is 659. The van der Waals surface area contributed by atoms with Gasteiger partial charge >= 0.3 is 0 Å². The van der Waals surface area contributed by atoms with Gasteiger partial charge in [0, 0.05) is 19.8 Å². The van der Waals surface area contributed by atoms with Crippen molar-refractivity contribution >= 4 is 10.0 Å². The first-order chi connectivity index (χ1) is 8.94. The summed E-state index contributed by atoms with van der Waals surface area (Å²) >= 11 is 0. The third kappa shape index (κ3) is 2.82. The first-order valence-electron chi connectivity index (χ1n) is 5.82. The molecule has 0 amide bonds. The van der Waals surface area contributed by atoms with E-state index >= 15 is 0 Å². The fraction of sp³-hybridized carbons (Fsp3) is 0.500. The maximum atomic E-state index is 12.2. The van der Waals surface area contributed by atoms with Gasteiger partial charge in [0.2, 0.25) is 10.0 Å². The Morgan fingerprint density at radius 2 is 2.21 bits per heavy atom. The zero-order valence-corrected chi connectivity index (χ0v) is 11.8. The molecule has 9 heteroatoms. The fourth-order valence-corrected chi connectivity index (χ4v) is 2.85. The minimum Gasteiger partial charge on any atom is -0.319 e. The SMILES string of the molecule is CCn1cc(S(=O)(=O)NC(C)c2nncn2C)cn1. The Morgan fingerprint density at radius 1 is 1.47 bits per heavy atom. The van der Waals surface area contributed by atoms with Crippen LogP contribution in [-0.4, -0.2) is 33.0 Å². The predicted molar refractivity (Wildman–Crippen MR) is 67.6 cm³/mol. The van der Waals surface area contributed by atoms with Crippen LogP contribution in [0.25, 0.3) is 0 Å². The Labute approximate surface area is 111 Å². The molecule has 2 rings (SSSR count). The van der Waals surface area contributed by atoms with Gasteiger partial charge in [0.25, 0.3) is 0 Å². The first-order valence-corrected chi connectivity index (χ1v) is 7.31.